The summed E-state index contributed by atoms with van der Waals surface area (Å²) in [7, 11) is 0. The molecule has 0 radical (unpaired) electrons. The lowest BCUT2D eigenvalue weighted by atomic mass is 10.1. The summed E-state index contributed by atoms with van der Waals surface area (Å²) < 4.78 is 0. The molecule has 5 nitrogen and oxygen atoms in total. The number of hydrogen-bond donors (Lipinski definition) is 1. The number of carbonyl (C=O) groups is 2. The van der Waals surface area contributed by atoms with E-state index in [0.29, 0.717) is 24.4 Å². The molecule has 2 amide bonds. The Kier molecular flexibility index (Phi) is 4.64. The van der Waals surface area contributed by atoms with Crippen LogP contribution in [0.25, 0.3) is 0 Å². The second-order valence-electron chi connectivity index (χ2n) is 4.41. The summed E-state index contributed by atoms with van der Waals surface area (Å²) in [5, 5.41) is 11.4. The number of benzene rings is 1. The maximum Gasteiger partial charge on any atom is 0.255 e. The van der Waals surface area contributed by atoms with Gasteiger partial charge in [-0.05, 0) is 19.1 Å². The highest BCUT2D eigenvalue weighted by Gasteiger charge is 2.30. The molecule has 0 aliphatic carbocycles. The lowest BCUT2D eigenvalue weighted by Gasteiger charge is -2.33. The van der Waals surface area contributed by atoms with Crippen molar-refractivity contribution in [3.05, 3.63) is 29.8 Å². The summed E-state index contributed by atoms with van der Waals surface area (Å²) in [6.07, 6.45) is 0. The lowest BCUT2D eigenvalue weighted by molar-refractivity contribution is -0.127. The lowest BCUT2D eigenvalue weighted by Crippen LogP contribution is -2.55. The van der Waals surface area contributed by atoms with E-state index in [1.807, 2.05) is 12.1 Å². The van der Waals surface area contributed by atoms with E-state index < -0.39 is 6.04 Å². The Labute approximate surface area is 121 Å². The van der Waals surface area contributed by atoms with Gasteiger partial charge in [-0.15, -0.1) is 11.8 Å². The second kappa shape index (κ2) is 6.44. The Morgan fingerprint density at radius 3 is 3.05 bits per heavy atom. The van der Waals surface area contributed by atoms with E-state index in [2.05, 4.69) is 11.4 Å². The van der Waals surface area contributed by atoms with Crippen LogP contribution in [0.4, 0.5) is 0 Å². The van der Waals surface area contributed by atoms with Gasteiger partial charge >= 0.3 is 0 Å². The van der Waals surface area contributed by atoms with E-state index >= 15 is 0 Å². The highest BCUT2D eigenvalue weighted by Crippen LogP contribution is 2.24. The molecule has 1 N–H and O–H groups in total. The van der Waals surface area contributed by atoms with E-state index in [4.69, 9.17) is 5.26 Å². The minimum absolute atomic E-state index is 0.133. The Morgan fingerprint density at radius 1 is 1.55 bits per heavy atom. The monoisotopic (exact) mass is 289 g/mol. The Morgan fingerprint density at radius 2 is 2.30 bits per heavy atom. The van der Waals surface area contributed by atoms with Gasteiger partial charge in [0.25, 0.3) is 5.91 Å². The molecule has 1 aromatic carbocycles. The minimum atomic E-state index is -0.467. The predicted molar refractivity (Wildman–Crippen MR) is 76.3 cm³/mol. The van der Waals surface area contributed by atoms with Gasteiger partial charge in [-0.3, -0.25) is 9.59 Å². The van der Waals surface area contributed by atoms with Crippen molar-refractivity contribution in [2.24, 2.45) is 0 Å². The molecule has 2 rings (SSSR count). The highest BCUT2D eigenvalue weighted by molar-refractivity contribution is 7.99. The molecule has 0 aromatic heterocycles. The van der Waals surface area contributed by atoms with Gasteiger partial charge in [0, 0.05) is 18.0 Å². The van der Waals surface area contributed by atoms with Gasteiger partial charge in [0.1, 0.15) is 6.04 Å². The van der Waals surface area contributed by atoms with Crippen molar-refractivity contribution in [3.8, 4) is 6.07 Å². The quantitative estimate of drug-likeness (QED) is 0.850. The molecule has 0 saturated carbocycles. The van der Waals surface area contributed by atoms with Crippen LogP contribution in [-0.2, 0) is 4.79 Å². The zero-order valence-electron chi connectivity index (χ0n) is 11.1. The summed E-state index contributed by atoms with van der Waals surface area (Å²) in [4.78, 5) is 26.6. The number of nitrogens with zero attached hydrogens (tertiary/aromatic N) is 2. The van der Waals surface area contributed by atoms with E-state index in [9.17, 15) is 9.59 Å². The molecule has 6 heteroatoms. The van der Waals surface area contributed by atoms with Crippen molar-refractivity contribution in [1.82, 2.24) is 10.2 Å². The molecular formula is C14H15N3O2S. The van der Waals surface area contributed by atoms with E-state index in [1.165, 1.54) is 11.8 Å². The summed E-state index contributed by atoms with van der Waals surface area (Å²) in [5.41, 5.74) is 0.550. The maximum absolute atomic E-state index is 12.6. The first-order valence-electron chi connectivity index (χ1n) is 6.32. The number of hydrogen-bond acceptors (Lipinski definition) is 4. The van der Waals surface area contributed by atoms with Crippen LogP contribution < -0.4 is 5.32 Å². The molecule has 1 aliphatic heterocycles. The van der Waals surface area contributed by atoms with E-state index in [-0.39, 0.29) is 11.8 Å². The van der Waals surface area contributed by atoms with Crippen LogP contribution in [0.5, 0.6) is 0 Å². The van der Waals surface area contributed by atoms with Crippen molar-refractivity contribution in [1.29, 1.82) is 5.26 Å². The van der Waals surface area contributed by atoms with Gasteiger partial charge in [-0.2, -0.15) is 5.26 Å². The third-order valence-corrected chi connectivity index (χ3v) is 4.11. The van der Waals surface area contributed by atoms with Crippen LogP contribution in [0.3, 0.4) is 0 Å². The number of amides is 2. The van der Waals surface area contributed by atoms with Crippen LogP contribution in [0.2, 0.25) is 0 Å². The molecule has 1 atom stereocenters. The number of nitrogens with one attached hydrogen (secondary N) is 1. The summed E-state index contributed by atoms with van der Waals surface area (Å²) in [6, 6.07) is 8.77. The van der Waals surface area contributed by atoms with Gasteiger partial charge in [0.05, 0.1) is 17.4 Å². The third-order valence-electron chi connectivity index (χ3n) is 3.17. The Balaban J connectivity index is 2.24. The van der Waals surface area contributed by atoms with Gasteiger partial charge in [-0.25, -0.2) is 0 Å². The fourth-order valence-electron chi connectivity index (χ4n) is 2.09. The third kappa shape index (κ3) is 2.94. The van der Waals surface area contributed by atoms with Crippen molar-refractivity contribution >= 4 is 23.6 Å². The molecule has 1 aliphatic rings. The topological polar surface area (TPSA) is 73.2 Å². The van der Waals surface area contributed by atoms with Crippen LogP contribution in [0.1, 0.15) is 17.3 Å². The van der Waals surface area contributed by atoms with E-state index in [1.54, 1.807) is 24.0 Å². The van der Waals surface area contributed by atoms with Crippen LogP contribution >= 0.6 is 11.8 Å². The van der Waals surface area contributed by atoms with Crippen molar-refractivity contribution in [2.75, 3.05) is 18.8 Å². The highest BCUT2D eigenvalue weighted by atomic mass is 32.2. The average molecular weight is 289 g/mol. The molecule has 20 heavy (non-hydrogen) atoms. The van der Waals surface area contributed by atoms with Crippen LogP contribution in [0.15, 0.2) is 29.2 Å². The molecule has 1 heterocycles. The normalized spacial score (nSPS) is 18.3. The number of thioether (sulfide) groups is 1. The van der Waals surface area contributed by atoms with Crippen molar-refractivity contribution < 1.29 is 9.59 Å². The molecule has 1 fully saturated rings. The number of piperazine rings is 1. The minimum Gasteiger partial charge on any atom is -0.353 e. The molecule has 1 unspecified atom stereocenters. The van der Waals surface area contributed by atoms with Crippen LogP contribution in [-0.4, -0.2) is 41.6 Å². The van der Waals surface area contributed by atoms with Crippen LogP contribution in [0, 0.1) is 11.3 Å². The largest absolute Gasteiger partial charge is 0.353 e. The number of carbonyl (C=O) groups excluding carboxylic acids is 2. The molecule has 104 valence electrons. The maximum atomic E-state index is 12.6. The molecular weight excluding hydrogens is 274 g/mol. The predicted octanol–water partition coefficient (Wildman–Crippen LogP) is 1.26. The standard InChI is InChI=1S/C14H15N3O2S/c1-10-13(18)16-7-8-17(10)14(19)11-4-2-3-5-12(11)20-9-6-15/h2-5,10H,7-9H2,1H3,(H,16,18). The summed E-state index contributed by atoms with van der Waals surface area (Å²) in [5.74, 6) is 0.000468. The molecule has 1 saturated heterocycles. The number of nitriles is 1. The zero-order valence-corrected chi connectivity index (χ0v) is 11.9. The fourth-order valence-corrected chi connectivity index (χ4v) is 2.80. The van der Waals surface area contributed by atoms with Gasteiger partial charge in [-0.1, -0.05) is 12.1 Å². The fraction of sp³-hybridized carbons (Fsp3) is 0.357. The first kappa shape index (κ1) is 14.4. The second-order valence-corrected chi connectivity index (χ2v) is 5.43. The molecule has 1 aromatic rings. The van der Waals surface area contributed by atoms with Crippen molar-refractivity contribution in [2.45, 2.75) is 17.9 Å². The van der Waals surface area contributed by atoms with E-state index in [0.717, 1.165) is 4.90 Å². The summed E-state index contributed by atoms with van der Waals surface area (Å²) >= 11 is 1.33. The van der Waals surface area contributed by atoms with Gasteiger partial charge in [0.15, 0.2) is 0 Å². The smallest absolute Gasteiger partial charge is 0.255 e. The first-order chi connectivity index (χ1) is 9.65. The number of rotatable bonds is 3. The van der Waals surface area contributed by atoms with Gasteiger partial charge in [0.2, 0.25) is 5.91 Å². The van der Waals surface area contributed by atoms with Crippen molar-refractivity contribution in [3.63, 3.8) is 0 Å². The zero-order chi connectivity index (χ0) is 14.5. The Hall–Kier alpha value is -2.00. The Bertz CT molecular complexity index is 568. The summed E-state index contributed by atoms with van der Waals surface area (Å²) in [6.45, 7) is 2.70. The van der Waals surface area contributed by atoms with Gasteiger partial charge < -0.3 is 10.2 Å². The molecule has 0 bridgehead atoms. The molecule has 0 spiro atoms. The SMILES string of the molecule is CC1C(=O)NCCN1C(=O)c1ccccc1SCC#N. The average Bonchev–Trinajstić information content (AvgIpc) is 2.47. The first-order valence-corrected chi connectivity index (χ1v) is 7.31.